The minimum absolute atomic E-state index is 0.343. The van der Waals surface area contributed by atoms with Gasteiger partial charge in [-0.3, -0.25) is 4.79 Å². The topological polar surface area (TPSA) is 59.9 Å². The molecule has 30 heavy (non-hydrogen) atoms. The lowest BCUT2D eigenvalue weighted by atomic mass is 10.2. The molecule has 1 N–H and O–H groups in total. The Morgan fingerprint density at radius 1 is 1.10 bits per heavy atom. The first kappa shape index (κ1) is 21.9. The standard InChI is InChI=1S/C23H20BrClN2O3/c1-16(30-21-11-7-19(24)8-12-21)23(28)27-26-14-18-3-2-4-22(13-18)29-15-17-5-9-20(25)10-6-17/h2-14,16H,15H2,1H3,(H,27,28)/b26-14+. The predicted octanol–water partition coefficient (Wildman–Crippen LogP) is 5.60. The van der Waals surface area contributed by atoms with E-state index in [9.17, 15) is 4.79 Å². The van der Waals surface area contributed by atoms with E-state index >= 15 is 0 Å². The summed E-state index contributed by atoms with van der Waals surface area (Å²) in [5.41, 5.74) is 4.30. The summed E-state index contributed by atoms with van der Waals surface area (Å²) >= 11 is 9.25. The summed E-state index contributed by atoms with van der Waals surface area (Å²) in [5, 5.41) is 4.70. The van der Waals surface area contributed by atoms with Gasteiger partial charge in [-0.25, -0.2) is 5.43 Å². The van der Waals surface area contributed by atoms with E-state index in [1.54, 1.807) is 25.3 Å². The minimum atomic E-state index is -0.683. The number of nitrogens with one attached hydrogen (secondary N) is 1. The van der Waals surface area contributed by atoms with E-state index in [2.05, 4.69) is 26.5 Å². The van der Waals surface area contributed by atoms with Gasteiger partial charge < -0.3 is 9.47 Å². The number of hydrazone groups is 1. The van der Waals surface area contributed by atoms with Gasteiger partial charge in [-0.2, -0.15) is 5.10 Å². The van der Waals surface area contributed by atoms with E-state index in [1.807, 2.05) is 60.7 Å². The minimum Gasteiger partial charge on any atom is -0.489 e. The van der Waals surface area contributed by atoms with Gasteiger partial charge in [-0.1, -0.05) is 51.8 Å². The Bertz CT molecular complexity index is 1010. The number of hydrogen-bond acceptors (Lipinski definition) is 4. The predicted molar refractivity (Wildman–Crippen MR) is 122 cm³/mol. The molecule has 0 heterocycles. The van der Waals surface area contributed by atoms with Crippen molar-refractivity contribution in [1.82, 2.24) is 5.43 Å². The first-order valence-electron chi connectivity index (χ1n) is 9.22. The maximum absolute atomic E-state index is 12.2. The summed E-state index contributed by atoms with van der Waals surface area (Å²) in [6.45, 7) is 2.09. The van der Waals surface area contributed by atoms with Crippen LogP contribution in [0.3, 0.4) is 0 Å². The number of ether oxygens (including phenoxy) is 2. The van der Waals surface area contributed by atoms with E-state index in [4.69, 9.17) is 21.1 Å². The molecular formula is C23H20BrClN2O3. The van der Waals surface area contributed by atoms with Crippen molar-refractivity contribution in [2.24, 2.45) is 5.10 Å². The summed E-state index contributed by atoms with van der Waals surface area (Å²) in [7, 11) is 0. The zero-order valence-electron chi connectivity index (χ0n) is 16.2. The molecule has 0 saturated heterocycles. The van der Waals surface area contributed by atoms with E-state index in [0.717, 1.165) is 15.6 Å². The van der Waals surface area contributed by atoms with Gasteiger partial charge in [0.2, 0.25) is 0 Å². The fourth-order valence-electron chi connectivity index (χ4n) is 2.46. The molecule has 0 aliphatic heterocycles. The third-order valence-electron chi connectivity index (χ3n) is 4.06. The number of benzene rings is 3. The van der Waals surface area contributed by atoms with Crippen LogP contribution in [-0.4, -0.2) is 18.2 Å². The molecular weight excluding hydrogens is 468 g/mol. The van der Waals surface area contributed by atoms with E-state index < -0.39 is 6.10 Å². The number of halogens is 2. The fourth-order valence-corrected chi connectivity index (χ4v) is 2.85. The summed E-state index contributed by atoms with van der Waals surface area (Å²) in [4.78, 5) is 12.2. The van der Waals surface area contributed by atoms with Gasteiger partial charge in [-0.15, -0.1) is 0 Å². The average Bonchev–Trinajstić information content (AvgIpc) is 2.75. The lowest BCUT2D eigenvalue weighted by molar-refractivity contribution is -0.127. The van der Waals surface area contributed by atoms with Crippen molar-refractivity contribution in [2.45, 2.75) is 19.6 Å². The number of carbonyl (C=O) groups is 1. The van der Waals surface area contributed by atoms with Crippen LogP contribution in [0.1, 0.15) is 18.1 Å². The molecule has 1 unspecified atom stereocenters. The van der Waals surface area contributed by atoms with Crippen molar-refractivity contribution in [2.75, 3.05) is 0 Å². The molecule has 0 aliphatic rings. The van der Waals surface area contributed by atoms with Gasteiger partial charge in [-0.05, 0) is 66.6 Å². The van der Waals surface area contributed by atoms with Crippen molar-refractivity contribution in [3.05, 3.63) is 93.4 Å². The van der Waals surface area contributed by atoms with Crippen molar-refractivity contribution >= 4 is 39.7 Å². The SMILES string of the molecule is CC(Oc1ccc(Br)cc1)C(=O)N/N=C/c1cccc(OCc2ccc(Cl)cc2)c1. The molecule has 3 aromatic rings. The first-order valence-corrected chi connectivity index (χ1v) is 10.4. The summed E-state index contributed by atoms with van der Waals surface area (Å²) in [6, 6.07) is 22.2. The highest BCUT2D eigenvalue weighted by atomic mass is 79.9. The Morgan fingerprint density at radius 3 is 2.57 bits per heavy atom. The highest BCUT2D eigenvalue weighted by Gasteiger charge is 2.13. The van der Waals surface area contributed by atoms with Crippen molar-refractivity contribution < 1.29 is 14.3 Å². The second-order valence-corrected chi connectivity index (χ2v) is 7.79. The highest BCUT2D eigenvalue weighted by Crippen LogP contribution is 2.18. The molecule has 3 aromatic carbocycles. The molecule has 7 heteroatoms. The smallest absolute Gasteiger partial charge is 0.280 e. The summed E-state index contributed by atoms with van der Waals surface area (Å²) in [6.07, 6.45) is 0.872. The molecule has 1 amide bonds. The number of amides is 1. The lowest BCUT2D eigenvalue weighted by Gasteiger charge is -2.12. The van der Waals surface area contributed by atoms with Crippen molar-refractivity contribution in [3.8, 4) is 11.5 Å². The van der Waals surface area contributed by atoms with Gasteiger partial charge in [0.05, 0.1) is 6.21 Å². The molecule has 5 nitrogen and oxygen atoms in total. The normalized spacial score (nSPS) is 11.8. The molecule has 0 fully saturated rings. The summed E-state index contributed by atoms with van der Waals surface area (Å²) < 4.78 is 12.3. The Labute approximate surface area is 188 Å². The third kappa shape index (κ3) is 6.90. The van der Waals surface area contributed by atoms with Crippen molar-refractivity contribution in [1.29, 1.82) is 0 Å². The highest BCUT2D eigenvalue weighted by molar-refractivity contribution is 9.10. The molecule has 0 aliphatic carbocycles. The molecule has 1 atom stereocenters. The quantitative estimate of drug-likeness (QED) is 0.332. The number of rotatable bonds is 8. The Balaban J connectivity index is 1.50. The Hall–Kier alpha value is -2.83. The van der Waals surface area contributed by atoms with Gasteiger partial charge >= 0.3 is 0 Å². The monoisotopic (exact) mass is 486 g/mol. The van der Waals surface area contributed by atoms with Crippen LogP contribution in [0.2, 0.25) is 5.02 Å². The van der Waals surface area contributed by atoms with Crippen LogP contribution in [-0.2, 0) is 11.4 Å². The van der Waals surface area contributed by atoms with Crippen molar-refractivity contribution in [3.63, 3.8) is 0 Å². The second-order valence-electron chi connectivity index (χ2n) is 6.44. The second kappa shape index (κ2) is 10.8. The summed E-state index contributed by atoms with van der Waals surface area (Å²) in [5.74, 6) is 0.965. The number of carbonyl (C=O) groups excluding carboxylic acids is 1. The molecule has 0 aromatic heterocycles. The molecule has 0 radical (unpaired) electrons. The fraction of sp³-hybridized carbons (Fsp3) is 0.130. The van der Waals surface area contributed by atoms with Crippen LogP contribution in [0, 0.1) is 0 Å². The molecule has 3 rings (SSSR count). The van der Waals surface area contributed by atoms with Gasteiger partial charge in [0.25, 0.3) is 5.91 Å². The van der Waals surface area contributed by atoms with Crippen LogP contribution in [0.25, 0.3) is 0 Å². The Kier molecular flexibility index (Phi) is 7.88. The van der Waals surface area contributed by atoms with E-state index in [0.29, 0.717) is 23.1 Å². The largest absolute Gasteiger partial charge is 0.489 e. The molecule has 0 saturated carbocycles. The Morgan fingerprint density at radius 2 is 1.83 bits per heavy atom. The van der Waals surface area contributed by atoms with Crippen LogP contribution >= 0.6 is 27.5 Å². The van der Waals surface area contributed by atoms with Gasteiger partial charge in [0.15, 0.2) is 6.10 Å². The molecule has 0 bridgehead atoms. The molecule has 154 valence electrons. The number of hydrogen-bond donors (Lipinski definition) is 1. The third-order valence-corrected chi connectivity index (χ3v) is 4.84. The van der Waals surface area contributed by atoms with Crippen LogP contribution in [0.5, 0.6) is 11.5 Å². The average molecular weight is 488 g/mol. The maximum atomic E-state index is 12.2. The van der Waals surface area contributed by atoms with E-state index in [-0.39, 0.29) is 5.91 Å². The van der Waals surface area contributed by atoms with Gasteiger partial charge in [0, 0.05) is 9.50 Å². The zero-order chi connectivity index (χ0) is 21.3. The number of nitrogens with zero attached hydrogens (tertiary/aromatic N) is 1. The zero-order valence-corrected chi connectivity index (χ0v) is 18.6. The first-order chi connectivity index (χ1) is 14.5. The van der Waals surface area contributed by atoms with Crippen LogP contribution in [0.15, 0.2) is 82.4 Å². The van der Waals surface area contributed by atoms with E-state index in [1.165, 1.54) is 0 Å². The van der Waals surface area contributed by atoms with Gasteiger partial charge in [0.1, 0.15) is 18.1 Å². The maximum Gasteiger partial charge on any atom is 0.280 e. The molecule has 0 spiro atoms. The van der Waals surface area contributed by atoms with Crippen LogP contribution < -0.4 is 14.9 Å². The lowest BCUT2D eigenvalue weighted by Crippen LogP contribution is -2.33. The van der Waals surface area contributed by atoms with Crippen LogP contribution in [0.4, 0.5) is 0 Å².